The normalized spacial score (nSPS) is 46.0. The molecular weight excluding hydrogens is 182 g/mol. The number of hydrogen-bond donors (Lipinski definition) is 5. The van der Waals surface area contributed by atoms with E-state index in [0.717, 1.165) is 0 Å². The van der Waals surface area contributed by atoms with Crippen molar-refractivity contribution in [3.8, 4) is 0 Å². The molecule has 1 saturated heterocycles. The molecule has 0 aromatic rings. The number of carbonyl (C=O) groups is 1. The Bertz CT molecular complexity index is 209. The van der Waals surface area contributed by atoms with Crippen molar-refractivity contribution in [2.45, 2.75) is 30.6 Å². The molecule has 0 radical (unpaired) electrons. The van der Waals surface area contributed by atoms with E-state index in [0.29, 0.717) is 0 Å². The topological polar surface area (TPSA) is 133 Å². The largest absolute Gasteiger partial charge is 0.479 e. The van der Waals surface area contributed by atoms with Gasteiger partial charge in [0.25, 0.3) is 0 Å². The molecule has 1 heterocycles. The summed E-state index contributed by atoms with van der Waals surface area (Å²) in [5, 5.41) is 35.8. The van der Waals surface area contributed by atoms with Crippen molar-refractivity contribution >= 4 is 5.97 Å². The molecule has 7 nitrogen and oxygen atoms in total. The molecule has 76 valence electrons. The number of hydrogen-bond acceptors (Lipinski definition) is 6. The van der Waals surface area contributed by atoms with Gasteiger partial charge in [0.2, 0.25) is 0 Å². The van der Waals surface area contributed by atoms with Gasteiger partial charge in [-0.1, -0.05) is 0 Å². The van der Waals surface area contributed by atoms with Crippen LogP contribution < -0.4 is 5.73 Å². The minimum atomic E-state index is -1.65. The molecular formula is C6H11NO6. The van der Waals surface area contributed by atoms with Gasteiger partial charge in [-0.3, -0.25) is 0 Å². The standard InChI is InChI=1S/C6H11NO6/c7-1-2(8)3(9)4(5(10)11)13-6(1)12/h1-4,6,8-9,12H,7H2,(H,10,11)/t1-,2-,3-,4+,6?/m1/s1. The van der Waals surface area contributed by atoms with Gasteiger partial charge < -0.3 is 30.9 Å². The summed E-state index contributed by atoms with van der Waals surface area (Å²) in [6.07, 6.45) is -6.37. The maximum Gasteiger partial charge on any atom is 0.335 e. The number of ether oxygens (including phenoxy) is 1. The minimum absolute atomic E-state index is 1.20. The van der Waals surface area contributed by atoms with E-state index in [2.05, 4.69) is 4.74 Å². The van der Waals surface area contributed by atoms with Gasteiger partial charge in [0, 0.05) is 0 Å². The summed E-state index contributed by atoms with van der Waals surface area (Å²) in [4.78, 5) is 10.4. The first kappa shape index (κ1) is 10.4. The lowest BCUT2D eigenvalue weighted by Gasteiger charge is -2.36. The predicted molar refractivity (Wildman–Crippen MR) is 38.5 cm³/mol. The summed E-state index contributed by atoms with van der Waals surface area (Å²) >= 11 is 0. The molecule has 0 aromatic carbocycles. The zero-order valence-corrected chi connectivity index (χ0v) is 6.57. The second-order valence-electron chi connectivity index (χ2n) is 2.84. The van der Waals surface area contributed by atoms with E-state index in [1.807, 2.05) is 0 Å². The Hall–Kier alpha value is -0.730. The number of nitrogens with two attached hydrogens (primary N) is 1. The van der Waals surface area contributed by atoms with Crippen LogP contribution in [0.15, 0.2) is 0 Å². The summed E-state index contributed by atoms with van der Waals surface area (Å²) in [5.41, 5.74) is 5.20. The van der Waals surface area contributed by atoms with Crippen LogP contribution in [0.2, 0.25) is 0 Å². The molecule has 0 saturated carbocycles. The molecule has 1 unspecified atom stereocenters. The summed E-state index contributed by atoms with van der Waals surface area (Å²) < 4.78 is 4.46. The molecule has 1 aliphatic heterocycles. The van der Waals surface area contributed by atoms with Gasteiger partial charge in [0.05, 0.1) is 6.04 Å². The van der Waals surface area contributed by atoms with Gasteiger partial charge in [-0.25, -0.2) is 4.79 Å². The van der Waals surface area contributed by atoms with Gasteiger partial charge in [-0.05, 0) is 0 Å². The van der Waals surface area contributed by atoms with Crippen molar-refractivity contribution in [3.05, 3.63) is 0 Å². The van der Waals surface area contributed by atoms with Crippen LogP contribution in [0, 0.1) is 0 Å². The summed E-state index contributed by atoms with van der Waals surface area (Å²) in [6, 6.07) is -1.20. The van der Waals surface area contributed by atoms with E-state index in [1.54, 1.807) is 0 Å². The molecule has 5 atom stereocenters. The predicted octanol–water partition coefficient (Wildman–Crippen LogP) is -3.16. The molecule has 1 fully saturated rings. The van der Waals surface area contributed by atoms with Crippen molar-refractivity contribution in [2.24, 2.45) is 5.73 Å². The van der Waals surface area contributed by atoms with E-state index >= 15 is 0 Å². The Balaban J connectivity index is 2.76. The molecule has 1 aliphatic rings. The van der Waals surface area contributed by atoms with Crippen molar-refractivity contribution in [1.29, 1.82) is 0 Å². The number of rotatable bonds is 1. The van der Waals surface area contributed by atoms with E-state index in [-0.39, 0.29) is 0 Å². The van der Waals surface area contributed by atoms with E-state index in [9.17, 15) is 4.79 Å². The highest BCUT2D eigenvalue weighted by Crippen LogP contribution is 2.18. The highest BCUT2D eigenvalue weighted by molar-refractivity contribution is 5.73. The zero-order chi connectivity index (χ0) is 10.2. The maximum absolute atomic E-state index is 10.4. The summed E-state index contributed by atoms with van der Waals surface area (Å²) in [5.74, 6) is -1.46. The lowest BCUT2D eigenvalue weighted by molar-refractivity contribution is -0.244. The van der Waals surface area contributed by atoms with Gasteiger partial charge in [-0.15, -0.1) is 0 Å². The molecule has 0 spiro atoms. The quantitative estimate of drug-likeness (QED) is 0.296. The van der Waals surface area contributed by atoms with Crippen LogP contribution in [-0.2, 0) is 9.53 Å². The van der Waals surface area contributed by atoms with E-state index in [1.165, 1.54) is 0 Å². The van der Waals surface area contributed by atoms with Crippen LogP contribution in [0.4, 0.5) is 0 Å². The Morgan fingerprint density at radius 1 is 1.23 bits per heavy atom. The second-order valence-corrected chi connectivity index (χ2v) is 2.84. The van der Waals surface area contributed by atoms with Crippen LogP contribution in [0.25, 0.3) is 0 Å². The molecule has 0 bridgehead atoms. The fourth-order valence-corrected chi connectivity index (χ4v) is 1.10. The van der Waals surface area contributed by atoms with Crippen molar-refractivity contribution in [2.75, 3.05) is 0 Å². The third kappa shape index (κ3) is 1.79. The van der Waals surface area contributed by atoms with Gasteiger partial charge in [-0.2, -0.15) is 0 Å². The van der Waals surface area contributed by atoms with Crippen molar-refractivity contribution < 1.29 is 30.0 Å². The first-order valence-corrected chi connectivity index (χ1v) is 3.63. The first-order valence-electron chi connectivity index (χ1n) is 3.63. The number of carboxylic acids is 1. The SMILES string of the molecule is N[C@H]1C(O)O[C@H](C(=O)O)[C@H](O)[C@@H]1O. The average Bonchev–Trinajstić information content (AvgIpc) is 2.07. The number of carboxylic acid groups (broad SMARTS) is 1. The zero-order valence-electron chi connectivity index (χ0n) is 6.57. The Kier molecular flexibility index (Phi) is 2.84. The fourth-order valence-electron chi connectivity index (χ4n) is 1.10. The Morgan fingerprint density at radius 3 is 2.23 bits per heavy atom. The average molecular weight is 193 g/mol. The first-order chi connectivity index (χ1) is 5.95. The van der Waals surface area contributed by atoms with Crippen LogP contribution in [-0.4, -0.2) is 57.0 Å². The molecule has 1 rings (SSSR count). The van der Waals surface area contributed by atoms with E-state index in [4.69, 9.17) is 26.2 Å². The Morgan fingerprint density at radius 2 is 1.77 bits per heavy atom. The van der Waals surface area contributed by atoms with Crippen LogP contribution >= 0.6 is 0 Å². The number of aliphatic hydroxyl groups is 3. The lowest BCUT2D eigenvalue weighted by Crippen LogP contribution is -2.62. The van der Waals surface area contributed by atoms with Crippen LogP contribution in [0.3, 0.4) is 0 Å². The monoisotopic (exact) mass is 193 g/mol. The molecule has 7 heteroatoms. The highest BCUT2D eigenvalue weighted by Gasteiger charge is 2.45. The molecule has 6 N–H and O–H groups in total. The van der Waals surface area contributed by atoms with Gasteiger partial charge >= 0.3 is 5.97 Å². The Labute approximate surface area is 73.4 Å². The van der Waals surface area contributed by atoms with E-state index < -0.39 is 36.6 Å². The molecule has 0 amide bonds. The maximum atomic E-state index is 10.4. The second kappa shape index (κ2) is 3.56. The minimum Gasteiger partial charge on any atom is -0.479 e. The summed E-state index contributed by atoms with van der Waals surface area (Å²) in [6.45, 7) is 0. The van der Waals surface area contributed by atoms with Crippen molar-refractivity contribution in [1.82, 2.24) is 0 Å². The fraction of sp³-hybridized carbons (Fsp3) is 0.833. The third-order valence-electron chi connectivity index (χ3n) is 1.91. The smallest absolute Gasteiger partial charge is 0.335 e. The van der Waals surface area contributed by atoms with Crippen LogP contribution in [0.5, 0.6) is 0 Å². The molecule has 0 aliphatic carbocycles. The molecule has 0 aromatic heterocycles. The molecule has 13 heavy (non-hydrogen) atoms. The van der Waals surface area contributed by atoms with Gasteiger partial charge in [0.1, 0.15) is 12.2 Å². The van der Waals surface area contributed by atoms with Gasteiger partial charge in [0.15, 0.2) is 12.4 Å². The lowest BCUT2D eigenvalue weighted by atomic mass is 9.98. The highest BCUT2D eigenvalue weighted by atomic mass is 16.6. The summed E-state index contributed by atoms with van der Waals surface area (Å²) in [7, 11) is 0. The number of aliphatic carboxylic acids is 1. The van der Waals surface area contributed by atoms with Crippen LogP contribution in [0.1, 0.15) is 0 Å². The van der Waals surface area contributed by atoms with Crippen molar-refractivity contribution in [3.63, 3.8) is 0 Å². The number of aliphatic hydroxyl groups excluding tert-OH is 3. The third-order valence-corrected chi connectivity index (χ3v) is 1.91.